The van der Waals surface area contributed by atoms with Crippen LogP contribution in [-0.2, 0) is 21.0 Å². The van der Waals surface area contributed by atoms with E-state index in [1.165, 1.54) is 11.8 Å². The van der Waals surface area contributed by atoms with E-state index in [4.69, 9.17) is 4.74 Å². The van der Waals surface area contributed by atoms with E-state index in [0.29, 0.717) is 24.4 Å². The standard InChI is InChI=1S/C24H23N3O3S/c1-30-19-8-9-21-20(13-19)24(27(10-11-31-24)22(28)18-6-3-7-18)23(29)26(21)15-17-5-2-4-16(12-17)14-25/h2,4-5,8-9,12-13,18H,3,6-7,10-11,15H2,1H3/t24-/m1/s1. The number of carbonyl (C=O) groups is 2. The van der Waals surface area contributed by atoms with Gasteiger partial charge in [-0.1, -0.05) is 18.6 Å². The molecule has 1 aliphatic carbocycles. The molecule has 0 aromatic heterocycles. The van der Waals surface area contributed by atoms with E-state index >= 15 is 0 Å². The molecule has 0 N–H and O–H groups in total. The number of ether oxygens (including phenoxy) is 1. The smallest absolute Gasteiger partial charge is 0.268 e. The summed E-state index contributed by atoms with van der Waals surface area (Å²) in [6.45, 7) is 0.918. The van der Waals surface area contributed by atoms with E-state index in [-0.39, 0.29) is 17.7 Å². The van der Waals surface area contributed by atoms with Crippen LogP contribution >= 0.6 is 11.8 Å². The van der Waals surface area contributed by atoms with Crippen LogP contribution in [0.15, 0.2) is 42.5 Å². The molecular weight excluding hydrogens is 410 g/mol. The highest BCUT2D eigenvalue weighted by Crippen LogP contribution is 2.56. The lowest BCUT2D eigenvalue weighted by molar-refractivity contribution is -0.145. The van der Waals surface area contributed by atoms with Crippen molar-refractivity contribution in [2.45, 2.75) is 30.7 Å². The van der Waals surface area contributed by atoms with Gasteiger partial charge in [-0.25, -0.2) is 0 Å². The van der Waals surface area contributed by atoms with Gasteiger partial charge in [-0.05, 0) is 48.7 Å². The topological polar surface area (TPSA) is 73.6 Å². The molecule has 3 aliphatic rings. The second kappa shape index (κ2) is 7.61. The first-order chi connectivity index (χ1) is 15.1. The fraction of sp³-hybridized carbons (Fsp3) is 0.375. The lowest BCUT2D eigenvalue weighted by Crippen LogP contribution is -2.52. The number of hydrogen-bond acceptors (Lipinski definition) is 5. The Labute approximate surface area is 185 Å². The highest BCUT2D eigenvalue weighted by molar-refractivity contribution is 8.01. The van der Waals surface area contributed by atoms with Gasteiger partial charge < -0.3 is 14.5 Å². The number of anilines is 1. The monoisotopic (exact) mass is 433 g/mol. The van der Waals surface area contributed by atoms with Crippen LogP contribution in [0.1, 0.15) is 36.0 Å². The van der Waals surface area contributed by atoms with Crippen molar-refractivity contribution in [1.82, 2.24) is 4.90 Å². The molecule has 0 bridgehead atoms. The third-order valence-corrected chi connectivity index (χ3v) is 7.94. The maximum atomic E-state index is 14.0. The Hall–Kier alpha value is -2.98. The average molecular weight is 434 g/mol. The number of thioether (sulfide) groups is 1. The van der Waals surface area contributed by atoms with Crippen LogP contribution in [0, 0.1) is 17.2 Å². The summed E-state index contributed by atoms with van der Waals surface area (Å²) in [5.41, 5.74) is 3.06. The summed E-state index contributed by atoms with van der Waals surface area (Å²) in [4.78, 5) is 29.8. The molecule has 2 amide bonds. The zero-order valence-corrected chi connectivity index (χ0v) is 18.2. The van der Waals surface area contributed by atoms with E-state index in [2.05, 4.69) is 6.07 Å². The minimum absolute atomic E-state index is 0.0267. The zero-order chi connectivity index (χ0) is 21.6. The molecule has 6 nitrogen and oxygen atoms in total. The van der Waals surface area contributed by atoms with Crippen LogP contribution in [0.2, 0.25) is 0 Å². The number of fused-ring (bicyclic) bond motifs is 2. The van der Waals surface area contributed by atoms with E-state index in [0.717, 1.165) is 41.8 Å². The summed E-state index contributed by atoms with van der Waals surface area (Å²) in [5, 5.41) is 9.24. The van der Waals surface area contributed by atoms with Crippen molar-refractivity contribution in [3.8, 4) is 11.8 Å². The quantitative estimate of drug-likeness (QED) is 0.736. The van der Waals surface area contributed by atoms with Crippen molar-refractivity contribution in [2.24, 2.45) is 5.92 Å². The third-order valence-electron chi connectivity index (χ3n) is 6.52. The van der Waals surface area contributed by atoms with Gasteiger partial charge in [0.05, 0.1) is 31.0 Å². The molecule has 5 rings (SSSR count). The van der Waals surface area contributed by atoms with E-state index in [9.17, 15) is 14.9 Å². The first kappa shape index (κ1) is 20.0. The Kier molecular flexibility index (Phi) is 4.90. The predicted octanol–water partition coefficient (Wildman–Crippen LogP) is 3.64. The fourth-order valence-electron chi connectivity index (χ4n) is 4.70. The molecule has 0 unspecified atom stereocenters. The molecule has 2 fully saturated rings. The largest absolute Gasteiger partial charge is 0.497 e. The molecule has 2 heterocycles. The average Bonchev–Trinajstić information content (AvgIpc) is 3.29. The van der Waals surface area contributed by atoms with E-state index in [1.54, 1.807) is 24.1 Å². The summed E-state index contributed by atoms with van der Waals surface area (Å²) in [7, 11) is 1.61. The highest BCUT2D eigenvalue weighted by Gasteiger charge is 2.60. The Morgan fingerprint density at radius 3 is 2.84 bits per heavy atom. The molecule has 1 atom stereocenters. The highest BCUT2D eigenvalue weighted by atomic mass is 32.2. The summed E-state index contributed by atoms with van der Waals surface area (Å²) in [6.07, 6.45) is 2.88. The molecule has 31 heavy (non-hydrogen) atoms. The second-order valence-corrected chi connectivity index (χ2v) is 9.48. The molecule has 1 saturated heterocycles. The van der Waals surface area contributed by atoms with E-state index in [1.807, 2.05) is 35.2 Å². The number of amides is 2. The van der Waals surface area contributed by atoms with Crippen molar-refractivity contribution in [1.29, 1.82) is 5.26 Å². The van der Waals surface area contributed by atoms with Gasteiger partial charge in [0.15, 0.2) is 4.87 Å². The summed E-state index contributed by atoms with van der Waals surface area (Å²) in [6, 6.07) is 15.1. The second-order valence-electron chi connectivity index (χ2n) is 8.20. The molecule has 0 radical (unpaired) electrons. The van der Waals surface area contributed by atoms with Crippen molar-refractivity contribution >= 4 is 29.3 Å². The van der Waals surface area contributed by atoms with Crippen LogP contribution in [0.5, 0.6) is 5.75 Å². The Morgan fingerprint density at radius 1 is 1.29 bits per heavy atom. The lowest BCUT2D eigenvalue weighted by atomic mass is 9.84. The predicted molar refractivity (Wildman–Crippen MR) is 119 cm³/mol. The molecule has 1 saturated carbocycles. The van der Waals surface area contributed by atoms with Gasteiger partial charge in [0.1, 0.15) is 5.75 Å². The van der Waals surface area contributed by atoms with Crippen LogP contribution in [0.25, 0.3) is 0 Å². The molecule has 158 valence electrons. The number of rotatable bonds is 4. The number of nitrogens with zero attached hydrogens (tertiary/aromatic N) is 3. The van der Waals surface area contributed by atoms with Crippen molar-refractivity contribution in [3.63, 3.8) is 0 Å². The van der Waals surface area contributed by atoms with Crippen molar-refractivity contribution in [2.75, 3.05) is 24.3 Å². The fourth-order valence-corrected chi connectivity index (χ4v) is 6.16. The Balaban J connectivity index is 1.59. The molecule has 2 aliphatic heterocycles. The minimum atomic E-state index is -1.04. The number of hydrogen-bond donors (Lipinski definition) is 0. The normalized spacial score (nSPS) is 22.4. The summed E-state index contributed by atoms with van der Waals surface area (Å²) in [5.74, 6) is 1.42. The Morgan fingerprint density at radius 2 is 2.13 bits per heavy atom. The SMILES string of the molecule is COc1ccc2c(c1)[C@@]1(SCCN1C(=O)C1CCC1)C(=O)N2Cc1cccc(C#N)c1. The molecule has 1 spiro atoms. The van der Waals surface area contributed by atoms with Gasteiger partial charge in [-0.3, -0.25) is 9.59 Å². The van der Waals surface area contributed by atoms with Gasteiger partial charge in [0.2, 0.25) is 5.91 Å². The van der Waals surface area contributed by atoms with Crippen LogP contribution in [-0.4, -0.2) is 36.1 Å². The minimum Gasteiger partial charge on any atom is -0.497 e. The van der Waals surface area contributed by atoms with Crippen molar-refractivity contribution in [3.05, 3.63) is 59.2 Å². The molecule has 2 aromatic carbocycles. The van der Waals surface area contributed by atoms with Gasteiger partial charge in [-0.15, -0.1) is 11.8 Å². The van der Waals surface area contributed by atoms with Gasteiger partial charge in [0.25, 0.3) is 5.91 Å². The summed E-state index contributed by atoms with van der Waals surface area (Å²) >= 11 is 1.54. The molecule has 2 aromatic rings. The Bertz CT molecular complexity index is 1110. The molecular formula is C24H23N3O3S. The van der Waals surface area contributed by atoms with Crippen LogP contribution in [0.4, 0.5) is 5.69 Å². The first-order valence-corrected chi connectivity index (χ1v) is 11.5. The number of benzene rings is 2. The van der Waals surface area contributed by atoms with Crippen LogP contribution in [0.3, 0.4) is 0 Å². The summed E-state index contributed by atoms with van der Waals surface area (Å²) < 4.78 is 5.46. The number of carbonyl (C=O) groups excluding carboxylic acids is 2. The maximum absolute atomic E-state index is 14.0. The van der Waals surface area contributed by atoms with Gasteiger partial charge >= 0.3 is 0 Å². The zero-order valence-electron chi connectivity index (χ0n) is 17.3. The van der Waals surface area contributed by atoms with Crippen molar-refractivity contribution < 1.29 is 14.3 Å². The number of methoxy groups -OCH3 is 1. The van der Waals surface area contributed by atoms with Gasteiger partial charge in [-0.2, -0.15) is 5.26 Å². The first-order valence-electron chi connectivity index (χ1n) is 10.5. The van der Waals surface area contributed by atoms with Gasteiger partial charge in [0, 0.05) is 23.8 Å². The van der Waals surface area contributed by atoms with E-state index < -0.39 is 4.87 Å². The number of nitriles is 1. The maximum Gasteiger partial charge on any atom is 0.268 e. The third kappa shape index (κ3) is 3.01. The van der Waals surface area contributed by atoms with Crippen LogP contribution < -0.4 is 9.64 Å². The molecule has 7 heteroatoms. The lowest BCUT2D eigenvalue weighted by Gasteiger charge is -2.37.